The summed E-state index contributed by atoms with van der Waals surface area (Å²) in [4.78, 5) is 23.9. The van der Waals surface area contributed by atoms with Gasteiger partial charge < -0.3 is 10.1 Å². The Balaban J connectivity index is 2.86. The number of rotatable bonds is 8. The Kier molecular flexibility index (Phi) is 7.98. The van der Waals surface area contributed by atoms with Crippen LogP contribution < -0.4 is 5.32 Å². The molecule has 0 bridgehead atoms. The van der Waals surface area contributed by atoms with Gasteiger partial charge in [-0.2, -0.15) is 4.31 Å². The van der Waals surface area contributed by atoms with E-state index < -0.39 is 28.5 Å². The summed E-state index contributed by atoms with van der Waals surface area (Å²) in [6, 6.07) is 4.68. The maximum atomic E-state index is 12.7. The second-order valence-corrected chi connectivity index (χ2v) is 9.42. The molecule has 0 fully saturated rings. The van der Waals surface area contributed by atoms with Crippen molar-refractivity contribution in [1.82, 2.24) is 4.31 Å². The van der Waals surface area contributed by atoms with Crippen molar-refractivity contribution >= 4 is 27.6 Å². The largest absolute Gasteiger partial charge is 0.456 e. The number of ether oxygens (including phenoxy) is 1. The molecular formula is C19H30N2O5S. The first kappa shape index (κ1) is 23.1. The third-order valence-electron chi connectivity index (χ3n) is 3.83. The molecule has 0 heterocycles. The van der Waals surface area contributed by atoms with Crippen LogP contribution in [0.25, 0.3) is 0 Å². The van der Waals surface area contributed by atoms with Crippen LogP contribution >= 0.6 is 0 Å². The Bertz CT molecular complexity index is 778. The molecule has 27 heavy (non-hydrogen) atoms. The Labute approximate surface area is 162 Å². The molecule has 1 amide bonds. The van der Waals surface area contributed by atoms with E-state index in [1.54, 1.807) is 32.9 Å². The normalized spacial score (nSPS) is 12.1. The van der Waals surface area contributed by atoms with Gasteiger partial charge in [-0.05, 0) is 30.0 Å². The minimum Gasteiger partial charge on any atom is -0.456 e. The zero-order valence-corrected chi connectivity index (χ0v) is 17.8. The number of carbonyl (C=O) groups excluding carboxylic acids is 2. The number of hydrogen-bond acceptors (Lipinski definition) is 5. The molecule has 0 spiro atoms. The van der Waals surface area contributed by atoms with Crippen LogP contribution in [0.15, 0.2) is 23.1 Å². The molecule has 0 radical (unpaired) electrons. The number of sulfonamides is 1. The molecule has 1 aromatic rings. The molecule has 7 nitrogen and oxygen atoms in total. The summed E-state index contributed by atoms with van der Waals surface area (Å²) < 4.78 is 31.8. The lowest BCUT2D eigenvalue weighted by molar-refractivity contribution is -0.149. The Hall–Kier alpha value is -1.93. The molecule has 8 heteroatoms. The highest BCUT2D eigenvalue weighted by Crippen LogP contribution is 2.24. The molecule has 152 valence electrons. The van der Waals surface area contributed by atoms with Crippen LogP contribution in [0.1, 0.15) is 46.6 Å². The number of nitrogens with one attached hydrogen (secondary N) is 1. The summed E-state index contributed by atoms with van der Waals surface area (Å²) in [6.07, 6.45) is 0.205. The van der Waals surface area contributed by atoms with E-state index >= 15 is 0 Å². The van der Waals surface area contributed by atoms with Gasteiger partial charge in [-0.3, -0.25) is 9.59 Å². The molecule has 1 rings (SSSR count). The van der Waals surface area contributed by atoms with Crippen molar-refractivity contribution < 1.29 is 22.7 Å². The van der Waals surface area contributed by atoms with Gasteiger partial charge in [0.15, 0.2) is 6.61 Å². The molecule has 0 aliphatic heterocycles. The molecule has 0 aliphatic rings. The van der Waals surface area contributed by atoms with Gasteiger partial charge in [-0.15, -0.1) is 0 Å². The molecule has 0 saturated heterocycles. The van der Waals surface area contributed by atoms with Gasteiger partial charge >= 0.3 is 5.97 Å². The second-order valence-electron chi connectivity index (χ2n) is 7.52. The molecule has 1 N–H and O–H groups in total. The summed E-state index contributed by atoms with van der Waals surface area (Å²) in [5, 5.41) is 2.58. The van der Waals surface area contributed by atoms with Crippen molar-refractivity contribution in [1.29, 1.82) is 0 Å². The van der Waals surface area contributed by atoms with Crippen LogP contribution in [-0.4, -0.2) is 44.3 Å². The number of carbonyl (C=O) groups is 2. The van der Waals surface area contributed by atoms with E-state index in [4.69, 9.17) is 4.74 Å². The summed E-state index contributed by atoms with van der Waals surface area (Å²) in [5.74, 6) is -0.973. The minimum absolute atomic E-state index is 0.147. The zero-order chi connectivity index (χ0) is 20.8. The lowest BCUT2D eigenvalue weighted by Gasteiger charge is -2.20. The van der Waals surface area contributed by atoms with E-state index in [9.17, 15) is 18.0 Å². The van der Waals surface area contributed by atoms with Crippen LogP contribution in [0, 0.1) is 12.3 Å². The second kappa shape index (κ2) is 9.32. The fraction of sp³-hybridized carbons (Fsp3) is 0.579. The van der Waals surface area contributed by atoms with Crippen LogP contribution in [0.2, 0.25) is 0 Å². The summed E-state index contributed by atoms with van der Waals surface area (Å²) in [5.41, 5.74) is 0.706. The van der Waals surface area contributed by atoms with Crippen LogP contribution in [0.3, 0.4) is 0 Å². The van der Waals surface area contributed by atoms with E-state index in [1.165, 1.54) is 10.4 Å². The van der Waals surface area contributed by atoms with E-state index in [0.717, 1.165) is 0 Å². The summed E-state index contributed by atoms with van der Waals surface area (Å²) in [6.45, 7) is 11.3. The van der Waals surface area contributed by atoms with Crippen molar-refractivity contribution in [2.45, 2.75) is 52.9 Å². The van der Waals surface area contributed by atoms with Gasteiger partial charge in [0.1, 0.15) is 0 Å². The summed E-state index contributed by atoms with van der Waals surface area (Å²) in [7, 11) is -3.64. The van der Waals surface area contributed by atoms with Gasteiger partial charge in [0.2, 0.25) is 10.0 Å². The lowest BCUT2D eigenvalue weighted by Crippen LogP contribution is -2.31. The minimum atomic E-state index is -3.64. The number of amides is 1. The highest BCUT2D eigenvalue weighted by Gasteiger charge is 2.24. The van der Waals surface area contributed by atoms with Gasteiger partial charge in [0, 0.05) is 18.8 Å². The van der Waals surface area contributed by atoms with Crippen molar-refractivity contribution in [3.63, 3.8) is 0 Å². The van der Waals surface area contributed by atoms with E-state index in [2.05, 4.69) is 5.32 Å². The number of aryl methyl sites for hydroxylation is 1. The maximum Gasteiger partial charge on any atom is 0.306 e. The topological polar surface area (TPSA) is 92.8 Å². The van der Waals surface area contributed by atoms with Crippen LogP contribution in [0.5, 0.6) is 0 Å². The fourth-order valence-electron chi connectivity index (χ4n) is 2.49. The average Bonchev–Trinajstić information content (AvgIpc) is 2.54. The lowest BCUT2D eigenvalue weighted by atomic mass is 9.92. The number of benzene rings is 1. The first-order valence-corrected chi connectivity index (χ1v) is 10.4. The summed E-state index contributed by atoms with van der Waals surface area (Å²) >= 11 is 0. The Morgan fingerprint density at radius 2 is 1.74 bits per heavy atom. The average molecular weight is 399 g/mol. The van der Waals surface area contributed by atoms with E-state index in [0.29, 0.717) is 24.3 Å². The number of anilines is 1. The molecule has 0 aliphatic carbocycles. The van der Waals surface area contributed by atoms with E-state index in [-0.39, 0.29) is 16.7 Å². The smallest absolute Gasteiger partial charge is 0.306 e. The third kappa shape index (κ3) is 6.95. The van der Waals surface area contributed by atoms with Gasteiger partial charge in [0.05, 0.1) is 11.3 Å². The van der Waals surface area contributed by atoms with Crippen molar-refractivity contribution in [3.8, 4) is 0 Å². The van der Waals surface area contributed by atoms with Crippen LogP contribution in [-0.2, 0) is 24.3 Å². The van der Waals surface area contributed by atoms with E-state index in [1.807, 2.05) is 20.8 Å². The standard InChI is InChI=1S/C19H30N2O5S/c1-7-21(8-2)27(24,25)16-11-15(10-9-14(16)3)20-17(22)13-26-18(23)12-19(4,5)6/h9-11H,7-8,12-13H2,1-6H3,(H,20,22). The highest BCUT2D eigenvalue weighted by molar-refractivity contribution is 7.89. The van der Waals surface area contributed by atoms with Crippen molar-refractivity contribution in [2.24, 2.45) is 5.41 Å². The molecule has 0 aromatic heterocycles. The van der Waals surface area contributed by atoms with Crippen molar-refractivity contribution in [2.75, 3.05) is 25.0 Å². The third-order valence-corrected chi connectivity index (χ3v) is 6.03. The number of esters is 1. The first-order valence-electron chi connectivity index (χ1n) is 8.97. The quantitative estimate of drug-likeness (QED) is 0.680. The van der Waals surface area contributed by atoms with Crippen molar-refractivity contribution in [3.05, 3.63) is 23.8 Å². The number of hydrogen-bond donors (Lipinski definition) is 1. The number of nitrogens with zero attached hydrogens (tertiary/aromatic N) is 1. The maximum absolute atomic E-state index is 12.7. The molecule has 1 aromatic carbocycles. The molecule has 0 saturated carbocycles. The molecular weight excluding hydrogens is 368 g/mol. The zero-order valence-electron chi connectivity index (χ0n) is 17.0. The van der Waals surface area contributed by atoms with Gasteiger partial charge in [-0.1, -0.05) is 40.7 Å². The Morgan fingerprint density at radius 3 is 2.26 bits per heavy atom. The fourth-order valence-corrected chi connectivity index (χ4v) is 4.19. The molecule has 0 unspecified atom stereocenters. The predicted octanol–water partition coefficient (Wildman–Crippen LogP) is 2.94. The Morgan fingerprint density at radius 1 is 1.15 bits per heavy atom. The highest BCUT2D eigenvalue weighted by atomic mass is 32.2. The first-order chi connectivity index (χ1) is 12.4. The predicted molar refractivity (Wildman–Crippen MR) is 105 cm³/mol. The SMILES string of the molecule is CCN(CC)S(=O)(=O)c1cc(NC(=O)COC(=O)CC(C)(C)C)ccc1C. The van der Waals surface area contributed by atoms with Gasteiger partial charge in [0.25, 0.3) is 5.91 Å². The van der Waals surface area contributed by atoms with Crippen LogP contribution in [0.4, 0.5) is 5.69 Å². The molecule has 0 atom stereocenters. The monoisotopic (exact) mass is 398 g/mol. The van der Waals surface area contributed by atoms with Gasteiger partial charge in [-0.25, -0.2) is 8.42 Å².